The topological polar surface area (TPSA) is 59.8 Å². The van der Waals surface area contributed by atoms with Gasteiger partial charge in [0.15, 0.2) is 5.65 Å². The third-order valence-corrected chi connectivity index (χ3v) is 3.83. The first-order valence-electron chi connectivity index (χ1n) is 6.20. The number of fused-ring (bicyclic) bond motifs is 1. The van der Waals surface area contributed by atoms with Crippen molar-refractivity contribution in [2.45, 2.75) is 32.1 Å². The van der Waals surface area contributed by atoms with Crippen molar-refractivity contribution in [2.75, 3.05) is 11.6 Å². The van der Waals surface area contributed by atoms with Crippen LogP contribution in [0.5, 0.6) is 0 Å². The Morgan fingerprint density at radius 3 is 2.74 bits per heavy atom. The zero-order valence-electron chi connectivity index (χ0n) is 11.5. The standard InChI is InChI=1S/C13H18N4OS/c1-8(2)17-12-10(6-15-17)5-11(7-14-12)16-13(18)9(3)19-4/h5-9H,1-4H3,(H,16,18). The number of hydrogen-bond acceptors (Lipinski definition) is 4. The van der Waals surface area contributed by atoms with Crippen LogP contribution in [-0.4, -0.2) is 32.2 Å². The molecule has 0 spiro atoms. The van der Waals surface area contributed by atoms with Crippen LogP contribution in [0.25, 0.3) is 11.0 Å². The zero-order valence-corrected chi connectivity index (χ0v) is 12.4. The van der Waals surface area contributed by atoms with Gasteiger partial charge in [-0.15, -0.1) is 0 Å². The van der Waals surface area contributed by atoms with Crippen LogP contribution in [0, 0.1) is 0 Å². The Morgan fingerprint density at radius 1 is 1.37 bits per heavy atom. The van der Waals surface area contributed by atoms with Gasteiger partial charge in [0.05, 0.1) is 23.3 Å². The minimum Gasteiger partial charge on any atom is -0.324 e. The molecule has 5 nitrogen and oxygen atoms in total. The van der Waals surface area contributed by atoms with E-state index in [0.717, 1.165) is 11.0 Å². The van der Waals surface area contributed by atoms with Crippen LogP contribution in [0.15, 0.2) is 18.5 Å². The Morgan fingerprint density at radius 2 is 2.11 bits per heavy atom. The highest BCUT2D eigenvalue weighted by molar-refractivity contribution is 7.99. The Hall–Kier alpha value is -1.56. The maximum Gasteiger partial charge on any atom is 0.237 e. The molecule has 0 radical (unpaired) electrons. The second-order valence-corrected chi connectivity index (χ2v) is 5.87. The molecule has 0 saturated carbocycles. The number of pyridine rings is 1. The summed E-state index contributed by atoms with van der Waals surface area (Å²) in [5, 5.41) is 8.03. The fourth-order valence-corrected chi connectivity index (χ4v) is 2.01. The van der Waals surface area contributed by atoms with E-state index in [2.05, 4.69) is 29.2 Å². The van der Waals surface area contributed by atoms with E-state index in [-0.39, 0.29) is 17.2 Å². The van der Waals surface area contributed by atoms with E-state index in [1.165, 1.54) is 11.8 Å². The molecular weight excluding hydrogens is 260 g/mol. The van der Waals surface area contributed by atoms with Crippen LogP contribution >= 0.6 is 11.8 Å². The minimum absolute atomic E-state index is 0.00935. The molecule has 19 heavy (non-hydrogen) atoms. The predicted octanol–water partition coefficient (Wildman–Crippen LogP) is 2.70. The van der Waals surface area contributed by atoms with Crippen LogP contribution in [0.4, 0.5) is 5.69 Å². The van der Waals surface area contributed by atoms with Gasteiger partial charge < -0.3 is 5.32 Å². The number of anilines is 1. The fourth-order valence-electron chi connectivity index (χ4n) is 1.74. The Labute approximate surface area is 116 Å². The van der Waals surface area contributed by atoms with Crippen molar-refractivity contribution in [3.8, 4) is 0 Å². The molecular formula is C13H18N4OS. The lowest BCUT2D eigenvalue weighted by Crippen LogP contribution is -2.22. The first kappa shape index (κ1) is 13.9. The van der Waals surface area contributed by atoms with Gasteiger partial charge in [-0.25, -0.2) is 9.67 Å². The van der Waals surface area contributed by atoms with Crippen molar-refractivity contribution in [2.24, 2.45) is 0 Å². The molecule has 2 rings (SSSR count). The maximum absolute atomic E-state index is 11.8. The molecule has 1 atom stereocenters. The smallest absolute Gasteiger partial charge is 0.237 e. The first-order chi connectivity index (χ1) is 9.02. The van der Waals surface area contributed by atoms with Crippen LogP contribution in [-0.2, 0) is 4.79 Å². The summed E-state index contributed by atoms with van der Waals surface area (Å²) >= 11 is 1.51. The van der Waals surface area contributed by atoms with Gasteiger partial charge in [-0.05, 0) is 33.1 Å². The van der Waals surface area contributed by atoms with E-state index in [1.807, 2.05) is 23.9 Å². The summed E-state index contributed by atoms with van der Waals surface area (Å²) in [5.74, 6) is -0.00935. The van der Waals surface area contributed by atoms with E-state index in [9.17, 15) is 4.79 Å². The van der Waals surface area contributed by atoms with Crippen LogP contribution < -0.4 is 5.32 Å². The number of hydrogen-bond donors (Lipinski definition) is 1. The average molecular weight is 278 g/mol. The van der Waals surface area contributed by atoms with E-state index in [1.54, 1.807) is 12.4 Å². The highest BCUT2D eigenvalue weighted by atomic mass is 32.2. The molecule has 1 amide bonds. The molecule has 0 aliphatic rings. The average Bonchev–Trinajstić information content (AvgIpc) is 2.80. The molecule has 2 aromatic rings. The number of carbonyl (C=O) groups is 1. The number of thioether (sulfide) groups is 1. The summed E-state index contributed by atoms with van der Waals surface area (Å²) in [5.41, 5.74) is 1.55. The highest BCUT2D eigenvalue weighted by Crippen LogP contribution is 2.19. The van der Waals surface area contributed by atoms with Crippen molar-refractivity contribution >= 4 is 34.4 Å². The van der Waals surface area contributed by atoms with E-state index in [4.69, 9.17) is 0 Å². The van der Waals surface area contributed by atoms with Crippen molar-refractivity contribution in [1.29, 1.82) is 0 Å². The maximum atomic E-state index is 11.8. The van der Waals surface area contributed by atoms with Crippen molar-refractivity contribution < 1.29 is 4.79 Å². The molecule has 6 heteroatoms. The van der Waals surface area contributed by atoms with Crippen LogP contribution in [0.3, 0.4) is 0 Å². The second kappa shape index (κ2) is 5.61. The molecule has 0 aromatic carbocycles. The summed E-state index contributed by atoms with van der Waals surface area (Å²) in [6.07, 6.45) is 5.36. The molecule has 0 aliphatic carbocycles. The lowest BCUT2D eigenvalue weighted by Gasteiger charge is -2.10. The second-order valence-electron chi connectivity index (χ2n) is 4.69. The van der Waals surface area contributed by atoms with Crippen LogP contribution in [0.2, 0.25) is 0 Å². The van der Waals surface area contributed by atoms with Gasteiger partial charge in [0.2, 0.25) is 5.91 Å². The number of carbonyl (C=O) groups excluding carboxylic acids is 1. The number of rotatable bonds is 4. The fraction of sp³-hybridized carbons (Fsp3) is 0.462. The predicted molar refractivity (Wildman–Crippen MR) is 79.5 cm³/mol. The molecule has 1 N–H and O–H groups in total. The summed E-state index contributed by atoms with van der Waals surface area (Å²) < 4.78 is 1.87. The number of amides is 1. The van der Waals surface area contributed by atoms with Gasteiger partial charge in [-0.3, -0.25) is 4.79 Å². The van der Waals surface area contributed by atoms with Crippen molar-refractivity contribution in [3.63, 3.8) is 0 Å². The quantitative estimate of drug-likeness (QED) is 0.934. The minimum atomic E-state index is -0.0749. The number of aromatic nitrogens is 3. The molecule has 0 bridgehead atoms. The summed E-state index contributed by atoms with van der Waals surface area (Å²) in [7, 11) is 0. The third kappa shape index (κ3) is 2.89. The van der Waals surface area contributed by atoms with E-state index >= 15 is 0 Å². The van der Waals surface area contributed by atoms with Gasteiger partial charge in [0, 0.05) is 11.4 Å². The number of nitrogens with zero attached hydrogens (tertiary/aromatic N) is 3. The zero-order chi connectivity index (χ0) is 14.0. The molecule has 102 valence electrons. The van der Waals surface area contributed by atoms with E-state index in [0.29, 0.717) is 5.69 Å². The lowest BCUT2D eigenvalue weighted by molar-refractivity contribution is -0.115. The van der Waals surface area contributed by atoms with Crippen molar-refractivity contribution in [3.05, 3.63) is 18.5 Å². The van der Waals surface area contributed by atoms with Gasteiger partial charge >= 0.3 is 0 Å². The summed E-state index contributed by atoms with van der Waals surface area (Å²) in [6.45, 7) is 6.00. The SMILES string of the molecule is CSC(C)C(=O)Nc1cnc2c(cnn2C(C)C)c1. The third-order valence-electron chi connectivity index (χ3n) is 2.91. The monoisotopic (exact) mass is 278 g/mol. The number of nitrogens with one attached hydrogen (secondary N) is 1. The van der Waals surface area contributed by atoms with Crippen LogP contribution in [0.1, 0.15) is 26.8 Å². The van der Waals surface area contributed by atoms with Gasteiger partial charge in [0.25, 0.3) is 0 Å². The summed E-state index contributed by atoms with van der Waals surface area (Å²) in [4.78, 5) is 16.2. The molecule has 1 unspecified atom stereocenters. The first-order valence-corrected chi connectivity index (χ1v) is 7.48. The molecule has 0 fully saturated rings. The Kier molecular flexibility index (Phi) is 4.09. The normalized spacial score (nSPS) is 12.9. The molecule has 2 aromatic heterocycles. The van der Waals surface area contributed by atoms with Gasteiger partial charge in [-0.1, -0.05) is 0 Å². The van der Waals surface area contributed by atoms with E-state index < -0.39 is 0 Å². The highest BCUT2D eigenvalue weighted by Gasteiger charge is 2.13. The molecule has 0 saturated heterocycles. The Bertz CT molecular complexity index is 593. The lowest BCUT2D eigenvalue weighted by atomic mass is 10.3. The van der Waals surface area contributed by atoms with Crippen molar-refractivity contribution in [1.82, 2.24) is 14.8 Å². The summed E-state index contributed by atoms with van der Waals surface area (Å²) in [6, 6.07) is 2.17. The Balaban J connectivity index is 2.25. The van der Waals surface area contributed by atoms with Gasteiger partial charge in [0.1, 0.15) is 0 Å². The molecule has 2 heterocycles. The van der Waals surface area contributed by atoms with Gasteiger partial charge in [-0.2, -0.15) is 16.9 Å². The molecule has 0 aliphatic heterocycles. The largest absolute Gasteiger partial charge is 0.324 e.